The monoisotopic (exact) mass is 409 g/mol. The predicted octanol–water partition coefficient (Wildman–Crippen LogP) is 5.79. The van der Waals surface area contributed by atoms with Gasteiger partial charge in [0.15, 0.2) is 0 Å². The largest absolute Gasteiger partial charge is 0.416 e. The molecule has 3 nitrogen and oxygen atoms in total. The van der Waals surface area contributed by atoms with E-state index >= 15 is 0 Å². The summed E-state index contributed by atoms with van der Waals surface area (Å²) >= 11 is 1.45. The molecule has 150 valence electrons. The van der Waals surface area contributed by atoms with Gasteiger partial charge < -0.3 is 4.74 Å². The molecule has 1 unspecified atom stereocenters. The van der Waals surface area contributed by atoms with Gasteiger partial charge >= 0.3 is 6.18 Å². The van der Waals surface area contributed by atoms with Gasteiger partial charge in [0, 0.05) is 16.9 Å². The molecule has 0 aliphatic carbocycles. The van der Waals surface area contributed by atoms with E-state index < -0.39 is 11.7 Å². The summed E-state index contributed by atoms with van der Waals surface area (Å²) in [6.45, 7) is 7.84. The highest BCUT2D eigenvalue weighted by atomic mass is 32.1. The Hall–Kier alpha value is -2.25. The second-order valence-electron chi connectivity index (χ2n) is 6.29. The minimum Gasteiger partial charge on any atom is -0.373 e. The number of carbonyl (C=O) groups excluding carboxylic acids is 1. The molecule has 1 heterocycles. The molecule has 0 radical (unpaired) electrons. The molecule has 2 rings (SSSR count). The van der Waals surface area contributed by atoms with E-state index in [2.05, 4.69) is 11.6 Å². The highest BCUT2D eigenvalue weighted by Crippen LogP contribution is 2.33. The first-order chi connectivity index (χ1) is 13.2. The van der Waals surface area contributed by atoms with Crippen molar-refractivity contribution in [3.05, 3.63) is 64.7 Å². The zero-order valence-electron chi connectivity index (χ0n) is 15.8. The van der Waals surface area contributed by atoms with Crippen molar-refractivity contribution < 1.29 is 22.7 Å². The highest BCUT2D eigenvalue weighted by molar-refractivity contribution is 7.15. The molecule has 0 aliphatic heterocycles. The van der Waals surface area contributed by atoms with E-state index in [0.29, 0.717) is 35.6 Å². The Bertz CT molecular complexity index is 838. The van der Waals surface area contributed by atoms with Crippen molar-refractivity contribution in [3.8, 4) is 10.6 Å². The van der Waals surface area contributed by atoms with Crippen molar-refractivity contribution in [2.45, 2.75) is 39.0 Å². The van der Waals surface area contributed by atoms with E-state index in [1.165, 1.54) is 23.5 Å². The Morgan fingerprint density at radius 1 is 1.32 bits per heavy atom. The second kappa shape index (κ2) is 9.80. The van der Waals surface area contributed by atoms with E-state index in [0.717, 1.165) is 29.0 Å². The Morgan fingerprint density at radius 2 is 2.00 bits per heavy atom. The van der Waals surface area contributed by atoms with Crippen LogP contribution in [0.5, 0.6) is 0 Å². The predicted molar refractivity (Wildman–Crippen MR) is 105 cm³/mol. The number of alkyl halides is 3. The molecule has 0 amide bonds. The number of hydrogen-bond acceptors (Lipinski definition) is 4. The number of rotatable bonds is 9. The molecule has 7 heteroatoms. The first-order valence-electron chi connectivity index (χ1n) is 8.74. The van der Waals surface area contributed by atoms with Crippen LogP contribution in [0.3, 0.4) is 0 Å². The fraction of sp³-hybridized carbons (Fsp3) is 0.333. The van der Waals surface area contributed by atoms with Crippen LogP contribution in [-0.4, -0.2) is 24.0 Å². The van der Waals surface area contributed by atoms with Crippen LogP contribution in [-0.2, 0) is 22.1 Å². The first kappa shape index (κ1) is 22.0. The number of thiazole rings is 1. The second-order valence-corrected chi connectivity index (χ2v) is 7.50. The minimum atomic E-state index is -4.35. The van der Waals surface area contributed by atoms with Crippen LogP contribution in [0.2, 0.25) is 0 Å². The Morgan fingerprint density at radius 3 is 2.57 bits per heavy atom. The van der Waals surface area contributed by atoms with Crippen LogP contribution in [0.4, 0.5) is 13.2 Å². The molecular weight excluding hydrogens is 387 g/mol. The third-order valence-electron chi connectivity index (χ3n) is 4.14. The molecule has 0 fully saturated rings. The molecule has 0 saturated heterocycles. The first-order valence-corrected chi connectivity index (χ1v) is 9.56. The van der Waals surface area contributed by atoms with Gasteiger partial charge in [0.25, 0.3) is 0 Å². The molecule has 0 N–H and O–H groups in total. The smallest absolute Gasteiger partial charge is 0.373 e. The fourth-order valence-electron chi connectivity index (χ4n) is 2.47. The summed E-state index contributed by atoms with van der Waals surface area (Å²) in [5.41, 5.74) is 1.49. The maximum Gasteiger partial charge on any atom is 0.416 e. The summed E-state index contributed by atoms with van der Waals surface area (Å²) in [5, 5.41) is 0.686. The molecule has 0 saturated carbocycles. The van der Waals surface area contributed by atoms with Crippen LogP contribution in [0.15, 0.2) is 48.6 Å². The van der Waals surface area contributed by atoms with Crippen LogP contribution in [0.25, 0.3) is 10.6 Å². The number of benzene rings is 1. The summed E-state index contributed by atoms with van der Waals surface area (Å²) < 4.78 is 43.8. The van der Waals surface area contributed by atoms with E-state index in [9.17, 15) is 18.0 Å². The van der Waals surface area contributed by atoms with Gasteiger partial charge in [-0.2, -0.15) is 13.2 Å². The summed E-state index contributed by atoms with van der Waals surface area (Å²) in [4.78, 5) is 16.2. The minimum absolute atomic E-state index is 0.191. The van der Waals surface area contributed by atoms with E-state index in [4.69, 9.17) is 4.74 Å². The van der Waals surface area contributed by atoms with Gasteiger partial charge in [0.05, 0.1) is 24.0 Å². The number of halogens is 3. The molecular formula is C21H22F3NO2S. The van der Waals surface area contributed by atoms with Crippen molar-refractivity contribution >= 4 is 17.6 Å². The Kier molecular flexibility index (Phi) is 7.71. The summed E-state index contributed by atoms with van der Waals surface area (Å²) in [7, 11) is 0. The molecule has 1 atom stereocenters. The standard InChI is InChI=1S/C21H22F3NO2S/c1-4-18(10-5-14(2)13-26)27-12-11-19-15(3)28-20(25-19)16-6-8-17(9-7-16)21(22,23)24/h4-9,13,18H,1,10-12H2,2-3H3/b14-5+. The Labute approximate surface area is 166 Å². The summed E-state index contributed by atoms with van der Waals surface area (Å²) in [6.07, 6.45) is 0.905. The molecule has 1 aromatic carbocycles. The number of nitrogens with zero attached hydrogens (tertiary/aromatic N) is 1. The van der Waals surface area contributed by atoms with Crippen molar-refractivity contribution in [2.75, 3.05) is 6.61 Å². The topological polar surface area (TPSA) is 39.2 Å². The van der Waals surface area contributed by atoms with Gasteiger partial charge in [-0.3, -0.25) is 4.79 Å². The van der Waals surface area contributed by atoms with Gasteiger partial charge in [0.2, 0.25) is 0 Å². The molecule has 2 aromatic rings. The number of carbonyl (C=O) groups is 1. The van der Waals surface area contributed by atoms with E-state index in [1.54, 1.807) is 19.1 Å². The van der Waals surface area contributed by atoms with Gasteiger partial charge in [-0.05, 0) is 38.0 Å². The van der Waals surface area contributed by atoms with Gasteiger partial charge in [-0.1, -0.05) is 24.3 Å². The molecule has 28 heavy (non-hydrogen) atoms. The molecule has 0 bridgehead atoms. The Balaban J connectivity index is 1.98. The summed E-state index contributed by atoms with van der Waals surface area (Å²) in [5.74, 6) is 0. The van der Waals surface area contributed by atoms with Crippen LogP contribution < -0.4 is 0 Å². The van der Waals surface area contributed by atoms with Crippen LogP contribution in [0, 0.1) is 6.92 Å². The highest BCUT2D eigenvalue weighted by Gasteiger charge is 2.30. The average Bonchev–Trinajstić information content (AvgIpc) is 3.04. The lowest BCUT2D eigenvalue weighted by Gasteiger charge is -2.11. The van der Waals surface area contributed by atoms with Gasteiger partial charge in [-0.15, -0.1) is 17.9 Å². The van der Waals surface area contributed by atoms with Crippen molar-refractivity contribution in [2.24, 2.45) is 0 Å². The fourth-order valence-corrected chi connectivity index (χ4v) is 3.44. The normalized spacial score (nSPS) is 13.4. The van der Waals surface area contributed by atoms with Crippen molar-refractivity contribution in [3.63, 3.8) is 0 Å². The lowest BCUT2D eigenvalue weighted by molar-refractivity contribution is -0.137. The zero-order valence-corrected chi connectivity index (χ0v) is 16.6. The molecule has 0 spiro atoms. The third-order valence-corrected chi connectivity index (χ3v) is 5.21. The molecule has 1 aromatic heterocycles. The number of aldehydes is 1. The maximum absolute atomic E-state index is 12.7. The molecule has 0 aliphatic rings. The SMILES string of the molecule is C=CC(C/C=C(\C)C=O)OCCc1nc(-c2ccc(C(F)(F)F)cc2)sc1C. The van der Waals surface area contributed by atoms with Crippen LogP contribution >= 0.6 is 11.3 Å². The van der Waals surface area contributed by atoms with E-state index in [-0.39, 0.29) is 6.10 Å². The average molecular weight is 409 g/mol. The van der Waals surface area contributed by atoms with Crippen molar-refractivity contribution in [1.29, 1.82) is 0 Å². The van der Waals surface area contributed by atoms with Crippen LogP contribution in [0.1, 0.15) is 29.5 Å². The number of ether oxygens (including phenoxy) is 1. The number of hydrogen-bond donors (Lipinski definition) is 0. The van der Waals surface area contributed by atoms with Gasteiger partial charge in [0.1, 0.15) is 11.3 Å². The van der Waals surface area contributed by atoms with E-state index in [1.807, 2.05) is 6.92 Å². The quantitative estimate of drug-likeness (QED) is 0.299. The maximum atomic E-state index is 12.7. The third kappa shape index (κ3) is 6.14. The van der Waals surface area contributed by atoms with Crippen molar-refractivity contribution in [1.82, 2.24) is 4.98 Å². The lowest BCUT2D eigenvalue weighted by atomic mass is 10.1. The zero-order chi connectivity index (χ0) is 20.7. The summed E-state index contributed by atoms with van der Waals surface area (Å²) in [6, 6.07) is 5.02. The lowest BCUT2D eigenvalue weighted by Crippen LogP contribution is -2.11. The number of allylic oxidation sites excluding steroid dienone is 1. The number of aryl methyl sites for hydroxylation is 1. The number of aromatic nitrogens is 1. The van der Waals surface area contributed by atoms with Gasteiger partial charge in [-0.25, -0.2) is 4.98 Å².